The van der Waals surface area contributed by atoms with Gasteiger partial charge in [0.15, 0.2) is 0 Å². The fourth-order valence-electron chi connectivity index (χ4n) is 2.33. The van der Waals surface area contributed by atoms with Gasteiger partial charge < -0.3 is 10.5 Å². The SMILES string of the molecule is CCNC1CC(C)(C)N(O)C1(C)C. The highest BCUT2D eigenvalue weighted by Crippen LogP contribution is 2.38. The van der Waals surface area contributed by atoms with Crippen LogP contribution in [0.1, 0.15) is 41.0 Å². The van der Waals surface area contributed by atoms with Crippen molar-refractivity contribution in [3.05, 3.63) is 0 Å². The molecule has 1 atom stereocenters. The Morgan fingerprint density at radius 2 is 1.92 bits per heavy atom. The maximum Gasteiger partial charge on any atom is 0.0563 e. The molecule has 0 radical (unpaired) electrons. The summed E-state index contributed by atoms with van der Waals surface area (Å²) in [5.41, 5.74) is -0.282. The largest absolute Gasteiger partial charge is 0.313 e. The summed E-state index contributed by atoms with van der Waals surface area (Å²) in [6.07, 6.45) is 0.990. The maximum absolute atomic E-state index is 9.98. The molecule has 0 aromatic heterocycles. The quantitative estimate of drug-likeness (QED) is 0.688. The van der Waals surface area contributed by atoms with Crippen molar-refractivity contribution in [1.29, 1.82) is 0 Å². The molecule has 0 aliphatic carbocycles. The van der Waals surface area contributed by atoms with Crippen LogP contribution < -0.4 is 5.32 Å². The van der Waals surface area contributed by atoms with Gasteiger partial charge in [0, 0.05) is 11.6 Å². The Balaban J connectivity index is 2.80. The molecule has 13 heavy (non-hydrogen) atoms. The average molecular weight is 186 g/mol. The molecule has 1 aliphatic rings. The molecule has 3 nitrogen and oxygen atoms in total. The van der Waals surface area contributed by atoms with Crippen LogP contribution in [0.2, 0.25) is 0 Å². The van der Waals surface area contributed by atoms with Crippen molar-refractivity contribution in [3.63, 3.8) is 0 Å². The molecule has 0 aromatic carbocycles. The summed E-state index contributed by atoms with van der Waals surface area (Å²) in [6, 6.07) is 0.373. The van der Waals surface area contributed by atoms with Crippen LogP contribution in [0.5, 0.6) is 0 Å². The molecular weight excluding hydrogens is 164 g/mol. The number of hydrogen-bond donors (Lipinski definition) is 2. The molecule has 1 rings (SSSR count). The Morgan fingerprint density at radius 3 is 2.23 bits per heavy atom. The molecule has 78 valence electrons. The van der Waals surface area contributed by atoms with Gasteiger partial charge in [0.05, 0.1) is 5.54 Å². The van der Waals surface area contributed by atoms with Gasteiger partial charge in [-0.15, -0.1) is 0 Å². The summed E-state index contributed by atoms with van der Waals surface area (Å²) >= 11 is 0. The molecular formula is C10H22N2O. The fourth-order valence-corrected chi connectivity index (χ4v) is 2.33. The summed E-state index contributed by atoms with van der Waals surface area (Å²) in [6.45, 7) is 11.4. The number of likely N-dealkylation sites (N-methyl/N-ethyl adjacent to an activating group) is 1. The first-order valence-corrected chi connectivity index (χ1v) is 5.05. The van der Waals surface area contributed by atoms with E-state index >= 15 is 0 Å². The number of rotatable bonds is 2. The normalized spacial score (nSPS) is 32.3. The van der Waals surface area contributed by atoms with Crippen molar-refractivity contribution >= 4 is 0 Å². The number of hydroxylamine groups is 2. The Hall–Kier alpha value is -0.120. The molecule has 1 heterocycles. The van der Waals surface area contributed by atoms with E-state index in [0.717, 1.165) is 13.0 Å². The lowest BCUT2D eigenvalue weighted by Crippen LogP contribution is -2.51. The highest BCUT2D eigenvalue weighted by Gasteiger charge is 2.50. The Labute approximate surface area is 81.1 Å². The predicted molar refractivity (Wildman–Crippen MR) is 53.9 cm³/mol. The van der Waals surface area contributed by atoms with Crippen LogP contribution in [0.4, 0.5) is 0 Å². The van der Waals surface area contributed by atoms with E-state index in [1.165, 1.54) is 5.06 Å². The molecule has 1 unspecified atom stereocenters. The van der Waals surface area contributed by atoms with Gasteiger partial charge in [-0.2, -0.15) is 5.06 Å². The lowest BCUT2D eigenvalue weighted by Gasteiger charge is -2.36. The topological polar surface area (TPSA) is 35.5 Å². The van der Waals surface area contributed by atoms with E-state index in [2.05, 4.69) is 39.9 Å². The lowest BCUT2D eigenvalue weighted by atomic mass is 9.94. The fraction of sp³-hybridized carbons (Fsp3) is 1.00. The van der Waals surface area contributed by atoms with Crippen molar-refractivity contribution in [2.45, 2.75) is 58.2 Å². The van der Waals surface area contributed by atoms with E-state index in [0.29, 0.717) is 6.04 Å². The smallest absolute Gasteiger partial charge is 0.0563 e. The van der Waals surface area contributed by atoms with Gasteiger partial charge in [0.25, 0.3) is 0 Å². The molecule has 0 amide bonds. The highest BCUT2D eigenvalue weighted by atomic mass is 16.5. The Morgan fingerprint density at radius 1 is 1.38 bits per heavy atom. The minimum Gasteiger partial charge on any atom is -0.313 e. The van der Waals surface area contributed by atoms with E-state index in [9.17, 15) is 5.21 Å². The molecule has 0 saturated carbocycles. The van der Waals surface area contributed by atoms with E-state index < -0.39 is 0 Å². The summed E-state index contributed by atoms with van der Waals surface area (Å²) in [7, 11) is 0. The summed E-state index contributed by atoms with van der Waals surface area (Å²) in [5.74, 6) is 0. The molecule has 1 saturated heterocycles. The number of nitrogens with one attached hydrogen (secondary N) is 1. The molecule has 1 fully saturated rings. The van der Waals surface area contributed by atoms with Gasteiger partial charge in [-0.3, -0.25) is 0 Å². The third-order valence-electron chi connectivity index (χ3n) is 3.13. The average Bonchev–Trinajstić information content (AvgIpc) is 2.14. The Bertz CT molecular complexity index is 189. The van der Waals surface area contributed by atoms with Gasteiger partial charge in [0.2, 0.25) is 0 Å². The first-order valence-electron chi connectivity index (χ1n) is 5.05. The second-order valence-electron chi connectivity index (χ2n) is 5.09. The van der Waals surface area contributed by atoms with Gasteiger partial charge in [0.1, 0.15) is 0 Å². The van der Waals surface area contributed by atoms with E-state index in [1.54, 1.807) is 0 Å². The zero-order valence-electron chi connectivity index (χ0n) is 9.39. The first kappa shape index (κ1) is 11.0. The minimum absolute atomic E-state index is 0.115. The molecule has 3 heteroatoms. The second-order valence-corrected chi connectivity index (χ2v) is 5.09. The van der Waals surface area contributed by atoms with Crippen molar-refractivity contribution in [1.82, 2.24) is 10.4 Å². The Kier molecular flexibility index (Phi) is 2.72. The van der Waals surface area contributed by atoms with Gasteiger partial charge in [-0.25, -0.2) is 0 Å². The maximum atomic E-state index is 9.98. The third kappa shape index (κ3) is 1.73. The van der Waals surface area contributed by atoms with Crippen LogP contribution >= 0.6 is 0 Å². The van der Waals surface area contributed by atoms with Crippen molar-refractivity contribution in [2.24, 2.45) is 0 Å². The van der Waals surface area contributed by atoms with Crippen molar-refractivity contribution < 1.29 is 5.21 Å². The van der Waals surface area contributed by atoms with E-state index in [1.807, 2.05) is 0 Å². The number of hydrogen-bond acceptors (Lipinski definition) is 3. The lowest BCUT2D eigenvalue weighted by molar-refractivity contribution is -0.194. The van der Waals surface area contributed by atoms with Crippen molar-refractivity contribution in [3.8, 4) is 0 Å². The van der Waals surface area contributed by atoms with E-state index in [4.69, 9.17) is 0 Å². The van der Waals surface area contributed by atoms with Crippen molar-refractivity contribution in [2.75, 3.05) is 6.54 Å². The third-order valence-corrected chi connectivity index (χ3v) is 3.13. The van der Waals surface area contributed by atoms with Gasteiger partial charge in [-0.05, 0) is 40.7 Å². The van der Waals surface area contributed by atoms with Crippen LogP contribution in [0, 0.1) is 0 Å². The van der Waals surface area contributed by atoms with Crippen LogP contribution in [0.25, 0.3) is 0 Å². The second kappa shape index (κ2) is 3.23. The summed E-state index contributed by atoms with van der Waals surface area (Å²) in [4.78, 5) is 0. The summed E-state index contributed by atoms with van der Waals surface area (Å²) in [5, 5.41) is 14.9. The molecule has 0 spiro atoms. The molecule has 1 aliphatic heterocycles. The minimum atomic E-state index is -0.167. The molecule has 0 aromatic rings. The van der Waals surface area contributed by atoms with Crippen LogP contribution in [0.3, 0.4) is 0 Å². The van der Waals surface area contributed by atoms with Crippen LogP contribution in [-0.2, 0) is 0 Å². The number of nitrogens with zero attached hydrogens (tertiary/aromatic N) is 1. The molecule has 0 bridgehead atoms. The van der Waals surface area contributed by atoms with E-state index in [-0.39, 0.29) is 11.1 Å². The molecule has 2 N–H and O–H groups in total. The monoisotopic (exact) mass is 186 g/mol. The van der Waals surface area contributed by atoms with Gasteiger partial charge >= 0.3 is 0 Å². The van der Waals surface area contributed by atoms with Crippen LogP contribution in [-0.4, -0.2) is 33.9 Å². The summed E-state index contributed by atoms with van der Waals surface area (Å²) < 4.78 is 0. The predicted octanol–water partition coefficient (Wildman–Crippen LogP) is 1.62. The highest BCUT2D eigenvalue weighted by molar-refractivity contribution is 5.05. The standard InChI is InChI=1S/C10H22N2O/c1-6-11-8-7-9(2,3)12(13)10(8,4)5/h8,11,13H,6-7H2,1-5H3. The van der Waals surface area contributed by atoms with Gasteiger partial charge in [-0.1, -0.05) is 6.92 Å². The first-order chi connectivity index (χ1) is 5.82. The van der Waals surface area contributed by atoms with Crippen LogP contribution in [0.15, 0.2) is 0 Å². The zero-order chi connectivity index (χ0) is 10.3. The zero-order valence-corrected chi connectivity index (χ0v) is 9.39.